The predicted molar refractivity (Wildman–Crippen MR) is 72.6 cm³/mol. The summed E-state index contributed by atoms with van der Waals surface area (Å²) in [5, 5.41) is 9.27. The quantitative estimate of drug-likeness (QED) is 0.740. The van der Waals surface area contributed by atoms with E-state index in [1.807, 2.05) is 25.8 Å². The standard InChI is InChI=1S/C13H25N3O3/c1-11(18)15-5-7-16(8-6-15)12(19)9-14(4)13(2,3)10-17/h17H,5-10H2,1-4H3. The Bertz CT molecular complexity index is 336. The highest BCUT2D eigenvalue weighted by atomic mass is 16.3. The topological polar surface area (TPSA) is 64.1 Å². The first-order valence-corrected chi connectivity index (χ1v) is 6.63. The highest BCUT2D eigenvalue weighted by Gasteiger charge is 2.28. The molecule has 1 saturated heterocycles. The van der Waals surface area contributed by atoms with Gasteiger partial charge in [-0.2, -0.15) is 0 Å². The minimum atomic E-state index is -0.406. The molecule has 0 bridgehead atoms. The van der Waals surface area contributed by atoms with Gasteiger partial charge >= 0.3 is 0 Å². The number of aliphatic hydroxyl groups excluding tert-OH is 1. The Morgan fingerprint density at radius 2 is 1.63 bits per heavy atom. The van der Waals surface area contributed by atoms with Crippen LogP contribution in [-0.2, 0) is 9.59 Å². The molecule has 0 atom stereocenters. The lowest BCUT2D eigenvalue weighted by atomic mass is 10.1. The minimum Gasteiger partial charge on any atom is -0.394 e. The number of carbonyl (C=O) groups excluding carboxylic acids is 2. The highest BCUT2D eigenvalue weighted by Crippen LogP contribution is 2.11. The SMILES string of the molecule is CC(=O)N1CCN(C(=O)CN(C)C(C)(C)CO)CC1. The molecule has 1 aliphatic heterocycles. The molecule has 0 aliphatic carbocycles. The van der Waals surface area contributed by atoms with E-state index in [2.05, 4.69) is 0 Å². The third-order valence-corrected chi connectivity index (χ3v) is 3.87. The van der Waals surface area contributed by atoms with Gasteiger partial charge in [0.1, 0.15) is 0 Å². The molecule has 0 aromatic heterocycles. The molecule has 0 saturated carbocycles. The van der Waals surface area contributed by atoms with Gasteiger partial charge in [-0.1, -0.05) is 0 Å². The van der Waals surface area contributed by atoms with E-state index in [-0.39, 0.29) is 25.0 Å². The largest absolute Gasteiger partial charge is 0.394 e. The lowest BCUT2D eigenvalue weighted by molar-refractivity contribution is -0.140. The third kappa shape index (κ3) is 4.18. The van der Waals surface area contributed by atoms with Crippen LogP contribution >= 0.6 is 0 Å². The van der Waals surface area contributed by atoms with Crippen molar-refractivity contribution < 1.29 is 14.7 Å². The van der Waals surface area contributed by atoms with E-state index >= 15 is 0 Å². The van der Waals surface area contributed by atoms with E-state index < -0.39 is 5.54 Å². The molecule has 6 heteroatoms. The summed E-state index contributed by atoms with van der Waals surface area (Å²) in [5.74, 6) is 0.109. The number of likely N-dealkylation sites (N-methyl/N-ethyl adjacent to an activating group) is 1. The lowest BCUT2D eigenvalue weighted by Crippen LogP contribution is -2.54. The van der Waals surface area contributed by atoms with Crippen molar-refractivity contribution in [1.82, 2.24) is 14.7 Å². The molecule has 0 unspecified atom stereocenters. The van der Waals surface area contributed by atoms with Crippen LogP contribution in [-0.4, -0.2) is 83.5 Å². The van der Waals surface area contributed by atoms with Crippen molar-refractivity contribution in [3.8, 4) is 0 Å². The molecule has 2 amide bonds. The van der Waals surface area contributed by atoms with Crippen LogP contribution in [0.3, 0.4) is 0 Å². The van der Waals surface area contributed by atoms with Crippen molar-refractivity contribution in [2.45, 2.75) is 26.3 Å². The molecule has 1 N–H and O–H groups in total. The third-order valence-electron chi connectivity index (χ3n) is 3.87. The smallest absolute Gasteiger partial charge is 0.236 e. The molecule has 0 radical (unpaired) electrons. The first-order valence-electron chi connectivity index (χ1n) is 6.63. The molecule has 1 heterocycles. The van der Waals surface area contributed by atoms with Gasteiger partial charge in [-0.25, -0.2) is 0 Å². The summed E-state index contributed by atoms with van der Waals surface area (Å²) in [4.78, 5) is 28.7. The van der Waals surface area contributed by atoms with Gasteiger partial charge in [-0.05, 0) is 20.9 Å². The van der Waals surface area contributed by atoms with Crippen molar-refractivity contribution in [3.05, 3.63) is 0 Å². The van der Waals surface area contributed by atoms with Crippen LogP contribution in [0.5, 0.6) is 0 Å². The number of nitrogens with zero attached hydrogens (tertiary/aromatic N) is 3. The normalized spacial score (nSPS) is 16.9. The molecular formula is C13H25N3O3. The molecule has 1 rings (SSSR count). The van der Waals surface area contributed by atoms with E-state index in [1.165, 1.54) is 0 Å². The van der Waals surface area contributed by atoms with Crippen LogP contribution in [0.25, 0.3) is 0 Å². The zero-order valence-corrected chi connectivity index (χ0v) is 12.3. The second kappa shape index (κ2) is 6.34. The van der Waals surface area contributed by atoms with Crippen LogP contribution in [0.2, 0.25) is 0 Å². The van der Waals surface area contributed by atoms with E-state index in [0.717, 1.165) is 0 Å². The summed E-state index contributed by atoms with van der Waals surface area (Å²) < 4.78 is 0. The van der Waals surface area contributed by atoms with E-state index in [9.17, 15) is 14.7 Å². The Balaban J connectivity index is 2.46. The number of rotatable bonds is 4. The zero-order chi connectivity index (χ0) is 14.6. The van der Waals surface area contributed by atoms with Gasteiger partial charge < -0.3 is 14.9 Å². The van der Waals surface area contributed by atoms with Crippen LogP contribution in [0, 0.1) is 0 Å². The van der Waals surface area contributed by atoms with Gasteiger partial charge in [0.25, 0.3) is 0 Å². The zero-order valence-electron chi connectivity index (χ0n) is 12.3. The number of aliphatic hydroxyl groups is 1. The Hall–Kier alpha value is -1.14. The lowest BCUT2D eigenvalue weighted by Gasteiger charge is -2.38. The van der Waals surface area contributed by atoms with Crippen LogP contribution in [0.15, 0.2) is 0 Å². The summed E-state index contributed by atoms with van der Waals surface area (Å²) in [6.07, 6.45) is 0. The monoisotopic (exact) mass is 271 g/mol. The van der Waals surface area contributed by atoms with Gasteiger partial charge in [0.2, 0.25) is 11.8 Å². The van der Waals surface area contributed by atoms with Crippen molar-refractivity contribution in [2.24, 2.45) is 0 Å². The average Bonchev–Trinajstić information content (AvgIpc) is 2.38. The molecule has 19 heavy (non-hydrogen) atoms. The highest BCUT2D eigenvalue weighted by molar-refractivity contribution is 5.79. The van der Waals surface area contributed by atoms with Gasteiger partial charge in [0.15, 0.2) is 0 Å². The van der Waals surface area contributed by atoms with E-state index in [1.54, 1.807) is 16.7 Å². The molecule has 6 nitrogen and oxygen atoms in total. The number of hydrogen-bond donors (Lipinski definition) is 1. The second-order valence-electron chi connectivity index (χ2n) is 5.71. The minimum absolute atomic E-state index is 0.00882. The maximum absolute atomic E-state index is 12.1. The maximum atomic E-state index is 12.1. The number of hydrogen-bond acceptors (Lipinski definition) is 4. The summed E-state index contributed by atoms with van der Waals surface area (Å²) >= 11 is 0. The van der Waals surface area contributed by atoms with Crippen LogP contribution < -0.4 is 0 Å². The van der Waals surface area contributed by atoms with Crippen LogP contribution in [0.4, 0.5) is 0 Å². The molecule has 1 fully saturated rings. The van der Waals surface area contributed by atoms with Crippen molar-refractivity contribution in [1.29, 1.82) is 0 Å². The number of piperazine rings is 1. The fraction of sp³-hybridized carbons (Fsp3) is 0.846. The molecular weight excluding hydrogens is 246 g/mol. The van der Waals surface area contributed by atoms with Crippen molar-refractivity contribution >= 4 is 11.8 Å². The van der Waals surface area contributed by atoms with Gasteiger partial charge in [0, 0.05) is 38.6 Å². The first kappa shape index (κ1) is 15.9. The molecule has 0 spiro atoms. The maximum Gasteiger partial charge on any atom is 0.236 e. The Morgan fingerprint density at radius 3 is 2.05 bits per heavy atom. The van der Waals surface area contributed by atoms with Crippen molar-refractivity contribution in [2.75, 3.05) is 46.4 Å². The molecule has 0 aromatic carbocycles. The second-order valence-corrected chi connectivity index (χ2v) is 5.71. The van der Waals surface area contributed by atoms with Crippen LogP contribution in [0.1, 0.15) is 20.8 Å². The fourth-order valence-electron chi connectivity index (χ4n) is 1.91. The van der Waals surface area contributed by atoms with Gasteiger partial charge in [-0.15, -0.1) is 0 Å². The summed E-state index contributed by atoms with van der Waals surface area (Å²) in [5.41, 5.74) is -0.406. The van der Waals surface area contributed by atoms with E-state index in [0.29, 0.717) is 26.2 Å². The number of amides is 2. The van der Waals surface area contributed by atoms with Gasteiger partial charge in [0.05, 0.1) is 13.2 Å². The van der Waals surface area contributed by atoms with Gasteiger partial charge in [-0.3, -0.25) is 14.5 Å². The first-order chi connectivity index (χ1) is 8.77. The number of carbonyl (C=O) groups is 2. The van der Waals surface area contributed by atoms with Crippen molar-refractivity contribution in [3.63, 3.8) is 0 Å². The molecule has 1 aliphatic rings. The fourth-order valence-corrected chi connectivity index (χ4v) is 1.91. The molecule has 110 valence electrons. The summed E-state index contributed by atoms with van der Waals surface area (Å²) in [6, 6.07) is 0. The predicted octanol–water partition coefficient (Wildman–Crippen LogP) is -0.620. The Morgan fingerprint density at radius 1 is 1.16 bits per heavy atom. The summed E-state index contributed by atoms with van der Waals surface area (Å²) in [7, 11) is 1.83. The average molecular weight is 271 g/mol. The Labute approximate surface area is 115 Å². The molecule has 0 aromatic rings. The Kier molecular flexibility index (Phi) is 5.31. The summed E-state index contributed by atoms with van der Waals surface area (Å²) in [6.45, 7) is 8.03. The van der Waals surface area contributed by atoms with E-state index in [4.69, 9.17) is 0 Å².